The van der Waals surface area contributed by atoms with E-state index in [-0.39, 0.29) is 0 Å². The van der Waals surface area contributed by atoms with Crippen molar-refractivity contribution in [3.05, 3.63) is 93.6 Å². The van der Waals surface area contributed by atoms with Crippen molar-refractivity contribution < 1.29 is 28.6 Å². The summed E-state index contributed by atoms with van der Waals surface area (Å²) < 4.78 is 17.0. The standard InChI is InChI=1S/C30H32IN3O6/c1-20(21-6-4-3-5-7-21)27(28(35)32-24-12-10-23(31)11-13-24)34-29(36)26(33-30(34)37)22-8-14-25(15-9-22)40-19-18-39-17-16-38-2/h3-15,20,26-27H,16-19H2,1-2H3,(H,32,35)(H,33,37)/t20-,26?,27-/m0/s1. The van der Waals surface area contributed by atoms with Gasteiger partial charge in [-0.3, -0.25) is 9.59 Å². The van der Waals surface area contributed by atoms with Gasteiger partial charge in [-0.15, -0.1) is 0 Å². The second-order valence-electron chi connectivity index (χ2n) is 9.25. The monoisotopic (exact) mass is 657 g/mol. The number of rotatable bonds is 13. The molecule has 0 radical (unpaired) electrons. The van der Waals surface area contributed by atoms with Crippen molar-refractivity contribution >= 4 is 46.1 Å². The van der Waals surface area contributed by atoms with E-state index in [9.17, 15) is 14.4 Å². The highest BCUT2D eigenvalue weighted by atomic mass is 127. The number of benzene rings is 3. The van der Waals surface area contributed by atoms with Gasteiger partial charge in [0, 0.05) is 22.3 Å². The number of urea groups is 1. The third kappa shape index (κ3) is 7.38. The lowest BCUT2D eigenvalue weighted by atomic mass is 9.91. The fraction of sp³-hybridized carbons (Fsp3) is 0.300. The quantitative estimate of drug-likeness (QED) is 0.156. The molecule has 1 fully saturated rings. The van der Waals surface area contributed by atoms with Gasteiger partial charge in [0.05, 0.1) is 19.8 Å². The Kier molecular flexibility index (Phi) is 10.5. The molecule has 3 aromatic rings. The van der Waals surface area contributed by atoms with E-state index in [1.165, 1.54) is 0 Å². The van der Waals surface area contributed by atoms with Crippen LogP contribution >= 0.6 is 22.6 Å². The van der Waals surface area contributed by atoms with Crippen LogP contribution in [0.4, 0.5) is 10.5 Å². The predicted molar refractivity (Wildman–Crippen MR) is 159 cm³/mol. The molecule has 3 aromatic carbocycles. The Morgan fingerprint density at radius 2 is 1.62 bits per heavy atom. The zero-order chi connectivity index (χ0) is 28.5. The molecule has 0 aliphatic carbocycles. The molecule has 1 saturated heterocycles. The van der Waals surface area contributed by atoms with Gasteiger partial charge in [-0.05, 0) is 70.1 Å². The molecule has 0 saturated carbocycles. The highest BCUT2D eigenvalue weighted by Gasteiger charge is 2.47. The van der Waals surface area contributed by atoms with E-state index in [1.54, 1.807) is 43.5 Å². The molecule has 0 bridgehead atoms. The third-order valence-corrected chi connectivity index (χ3v) is 7.29. The average molecular weight is 658 g/mol. The molecule has 1 aliphatic heterocycles. The zero-order valence-corrected chi connectivity index (χ0v) is 24.5. The van der Waals surface area contributed by atoms with Crippen LogP contribution in [0.1, 0.15) is 30.0 Å². The first kappa shape index (κ1) is 29.5. The van der Waals surface area contributed by atoms with Crippen LogP contribution in [0.25, 0.3) is 0 Å². The van der Waals surface area contributed by atoms with E-state index in [0.29, 0.717) is 43.4 Å². The molecule has 40 heavy (non-hydrogen) atoms. The summed E-state index contributed by atoms with van der Waals surface area (Å²) in [5.74, 6) is -0.783. The van der Waals surface area contributed by atoms with Gasteiger partial charge in [-0.2, -0.15) is 0 Å². The number of ether oxygens (including phenoxy) is 3. The van der Waals surface area contributed by atoms with Gasteiger partial charge in [-0.25, -0.2) is 9.69 Å². The first-order valence-corrected chi connectivity index (χ1v) is 14.0. The molecular weight excluding hydrogens is 625 g/mol. The van der Waals surface area contributed by atoms with E-state index in [2.05, 4.69) is 33.2 Å². The Balaban J connectivity index is 1.50. The van der Waals surface area contributed by atoms with Crippen molar-refractivity contribution in [1.82, 2.24) is 10.2 Å². The summed E-state index contributed by atoms with van der Waals surface area (Å²) in [4.78, 5) is 41.6. The van der Waals surface area contributed by atoms with Crippen LogP contribution in [-0.2, 0) is 19.1 Å². The lowest BCUT2D eigenvalue weighted by Crippen LogP contribution is -2.50. The number of nitrogens with zero attached hydrogens (tertiary/aromatic N) is 1. The number of methoxy groups -OCH3 is 1. The van der Waals surface area contributed by atoms with Crippen molar-refractivity contribution in [2.24, 2.45) is 0 Å². The van der Waals surface area contributed by atoms with Crippen molar-refractivity contribution in [3.8, 4) is 5.75 Å². The molecule has 1 heterocycles. The minimum absolute atomic E-state index is 0.366. The summed E-state index contributed by atoms with van der Waals surface area (Å²) in [5.41, 5.74) is 2.01. The summed E-state index contributed by atoms with van der Waals surface area (Å²) in [7, 11) is 1.61. The van der Waals surface area contributed by atoms with Gasteiger partial charge in [0.2, 0.25) is 5.91 Å². The molecule has 1 aliphatic rings. The van der Waals surface area contributed by atoms with Crippen molar-refractivity contribution in [2.45, 2.75) is 24.9 Å². The molecule has 1 unspecified atom stereocenters. The normalized spacial score (nSPS) is 16.4. The lowest BCUT2D eigenvalue weighted by molar-refractivity contribution is -0.134. The highest BCUT2D eigenvalue weighted by molar-refractivity contribution is 14.1. The second-order valence-corrected chi connectivity index (χ2v) is 10.5. The van der Waals surface area contributed by atoms with Gasteiger partial charge >= 0.3 is 6.03 Å². The third-order valence-electron chi connectivity index (χ3n) is 6.57. The fourth-order valence-corrected chi connectivity index (χ4v) is 4.82. The molecule has 4 rings (SSSR count). The van der Waals surface area contributed by atoms with Crippen molar-refractivity contribution in [3.63, 3.8) is 0 Å². The number of carbonyl (C=O) groups is 3. The van der Waals surface area contributed by atoms with Crippen LogP contribution in [0.5, 0.6) is 5.75 Å². The van der Waals surface area contributed by atoms with Crippen molar-refractivity contribution in [1.29, 1.82) is 0 Å². The summed E-state index contributed by atoms with van der Waals surface area (Å²) >= 11 is 2.18. The van der Waals surface area contributed by atoms with Crippen LogP contribution in [0.15, 0.2) is 78.9 Å². The Hall–Kier alpha value is -3.48. The maximum atomic E-state index is 13.7. The number of hydrogen-bond donors (Lipinski definition) is 2. The molecular formula is C30H32IN3O6. The minimum Gasteiger partial charge on any atom is -0.491 e. The Morgan fingerprint density at radius 3 is 2.30 bits per heavy atom. The number of halogens is 1. The summed E-state index contributed by atoms with van der Waals surface area (Å²) in [6.45, 7) is 3.64. The first-order valence-electron chi connectivity index (χ1n) is 12.9. The van der Waals surface area contributed by atoms with Crippen LogP contribution in [-0.4, -0.2) is 62.3 Å². The van der Waals surface area contributed by atoms with Crippen LogP contribution < -0.4 is 15.4 Å². The summed E-state index contributed by atoms with van der Waals surface area (Å²) in [6, 6.07) is 21.0. The Labute approximate surface area is 247 Å². The number of carbonyl (C=O) groups excluding carboxylic acids is 3. The first-order chi connectivity index (χ1) is 19.4. The van der Waals surface area contributed by atoms with Gasteiger partial charge in [0.1, 0.15) is 24.4 Å². The number of imide groups is 1. The predicted octanol–water partition coefficient (Wildman–Crippen LogP) is 4.74. The van der Waals surface area contributed by atoms with E-state index in [4.69, 9.17) is 14.2 Å². The largest absolute Gasteiger partial charge is 0.491 e. The fourth-order valence-electron chi connectivity index (χ4n) is 4.46. The van der Waals surface area contributed by atoms with Gasteiger partial charge in [-0.1, -0.05) is 49.4 Å². The van der Waals surface area contributed by atoms with E-state index < -0.39 is 35.8 Å². The van der Waals surface area contributed by atoms with E-state index >= 15 is 0 Å². The maximum Gasteiger partial charge on any atom is 0.325 e. The minimum atomic E-state index is -1.07. The maximum absolute atomic E-state index is 13.7. The van der Waals surface area contributed by atoms with Gasteiger partial charge < -0.3 is 24.8 Å². The van der Waals surface area contributed by atoms with Crippen LogP contribution in [0, 0.1) is 3.57 Å². The molecule has 0 aromatic heterocycles. The van der Waals surface area contributed by atoms with Gasteiger partial charge in [0.25, 0.3) is 5.91 Å². The van der Waals surface area contributed by atoms with Crippen LogP contribution in [0.3, 0.4) is 0 Å². The van der Waals surface area contributed by atoms with Gasteiger partial charge in [0.15, 0.2) is 0 Å². The summed E-state index contributed by atoms with van der Waals surface area (Å²) in [6.07, 6.45) is 0. The molecule has 210 valence electrons. The van der Waals surface area contributed by atoms with Crippen LogP contribution in [0.2, 0.25) is 0 Å². The van der Waals surface area contributed by atoms with Crippen molar-refractivity contribution in [2.75, 3.05) is 38.9 Å². The zero-order valence-electron chi connectivity index (χ0n) is 22.3. The molecule has 3 atom stereocenters. The second kappa shape index (κ2) is 14.2. The Morgan fingerprint density at radius 1 is 0.950 bits per heavy atom. The number of amides is 4. The average Bonchev–Trinajstić information content (AvgIpc) is 3.26. The smallest absolute Gasteiger partial charge is 0.325 e. The van der Waals surface area contributed by atoms with E-state index in [1.807, 2.05) is 49.4 Å². The molecule has 4 amide bonds. The molecule has 0 spiro atoms. The number of nitrogens with one attached hydrogen (secondary N) is 2. The van der Waals surface area contributed by atoms with E-state index in [0.717, 1.165) is 14.0 Å². The number of hydrogen-bond acceptors (Lipinski definition) is 6. The summed E-state index contributed by atoms with van der Waals surface area (Å²) in [5, 5.41) is 5.64. The highest BCUT2D eigenvalue weighted by Crippen LogP contribution is 2.31. The Bertz CT molecular complexity index is 1290. The topological polar surface area (TPSA) is 106 Å². The molecule has 10 heteroatoms. The lowest BCUT2D eigenvalue weighted by Gasteiger charge is -2.30. The molecule has 9 nitrogen and oxygen atoms in total. The number of anilines is 1. The SMILES string of the molecule is COCCOCCOc1ccc(C2NC(=O)N([C@H](C(=O)Nc3ccc(I)cc3)[C@@H](C)c3ccccc3)C2=O)cc1. The molecule has 2 N–H and O–H groups in total.